The van der Waals surface area contributed by atoms with E-state index in [0.29, 0.717) is 0 Å². The van der Waals surface area contributed by atoms with Gasteiger partial charge in [-0.25, -0.2) is 0 Å². The zero-order valence-corrected chi connectivity index (χ0v) is 13.6. The molecule has 1 aliphatic carbocycles. The fraction of sp³-hybridized carbons (Fsp3) is 0.389. The smallest absolute Gasteiger partial charge is 0.265 e. The molecular weight excluding hydrogens is 278 g/mol. The van der Waals surface area contributed by atoms with Crippen molar-refractivity contribution < 1.29 is 4.79 Å². The number of aryl methyl sites for hydroxylation is 3. The molecule has 1 aromatic carbocycles. The van der Waals surface area contributed by atoms with Crippen molar-refractivity contribution >= 4 is 22.9 Å². The van der Waals surface area contributed by atoms with Crippen LogP contribution in [-0.2, 0) is 12.8 Å². The second-order valence-electron chi connectivity index (χ2n) is 6.18. The maximum atomic E-state index is 12.4. The first kappa shape index (κ1) is 14.3. The number of rotatable bonds is 2. The van der Waals surface area contributed by atoms with Gasteiger partial charge in [-0.15, -0.1) is 11.3 Å². The van der Waals surface area contributed by atoms with Crippen LogP contribution in [0, 0.1) is 19.8 Å². The fourth-order valence-corrected chi connectivity index (χ4v) is 4.06. The van der Waals surface area contributed by atoms with Crippen molar-refractivity contribution in [3.8, 4) is 0 Å². The number of carbonyl (C=O) groups is 1. The van der Waals surface area contributed by atoms with Crippen molar-refractivity contribution in [2.24, 2.45) is 5.92 Å². The lowest BCUT2D eigenvalue weighted by Gasteiger charge is -2.16. The average molecular weight is 299 g/mol. The van der Waals surface area contributed by atoms with Crippen LogP contribution in [0.5, 0.6) is 0 Å². The van der Waals surface area contributed by atoms with E-state index < -0.39 is 0 Å². The third kappa shape index (κ3) is 3.03. The van der Waals surface area contributed by atoms with Crippen LogP contribution in [0.15, 0.2) is 24.3 Å². The zero-order valence-electron chi connectivity index (χ0n) is 12.8. The molecule has 1 aromatic heterocycles. The predicted molar refractivity (Wildman–Crippen MR) is 89.4 cm³/mol. The van der Waals surface area contributed by atoms with Gasteiger partial charge in [-0.05, 0) is 62.3 Å². The molecule has 1 aliphatic rings. The first-order valence-corrected chi connectivity index (χ1v) is 8.35. The molecule has 0 saturated heterocycles. The van der Waals surface area contributed by atoms with Gasteiger partial charge in [-0.3, -0.25) is 4.79 Å². The Kier molecular flexibility index (Phi) is 3.85. The standard InChI is InChI=1S/C18H21NOS/c1-11-4-6-15(13(3)8-11)19-18(20)17-10-14-9-12(2)5-7-16(14)21-17/h4,6,8,10,12H,5,7,9H2,1-3H3,(H,19,20)/t12-/m1/s1. The maximum Gasteiger partial charge on any atom is 0.265 e. The maximum absolute atomic E-state index is 12.4. The molecule has 0 spiro atoms. The number of hydrogen-bond donors (Lipinski definition) is 1. The number of carbonyl (C=O) groups excluding carboxylic acids is 1. The van der Waals surface area contributed by atoms with E-state index in [1.54, 1.807) is 11.3 Å². The van der Waals surface area contributed by atoms with E-state index in [-0.39, 0.29) is 5.91 Å². The second kappa shape index (κ2) is 5.64. The Morgan fingerprint density at radius 2 is 2.10 bits per heavy atom. The minimum absolute atomic E-state index is 0.0222. The van der Waals surface area contributed by atoms with E-state index >= 15 is 0 Å². The zero-order chi connectivity index (χ0) is 15.0. The number of benzene rings is 1. The quantitative estimate of drug-likeness (QED) is 0.852. The molecular formula is C18H21NOS. The van der Waals surface area contributed by atoms with Gasteiger partial charge < -0.3 is 5.32 Å². The predicted octanol–water partition coefficient (Wildman–Crippen LogP) is 4.74. The van der Waals surface area contributed by atoms with Gasteiger partial charge >= 0.3 is 0 Å². The topological polar surface area (TPSA) is 29.1 Å². The van der Waals surface area contributed by atoms with Crippen LogP contribution in [0.2, 0.25) is 0 Å². The van der Waals surface area contributed by atoms with E-state index in [0.717, 1.165) is 34.9 Å². The Labute approximate surface area is 130 Å². The van der Waals surface area contributed by atoms with E-state index in [1.807, 2.05) is 19.1 Å². The molecule has 0 saturated carbocycles. The van der Waals surface area contributed by atoms with Gasteiger partial charge in [0.05, 0.1) is 4.88 Å². The minimum atomic E-state index is 0.0222. The molecule has 0 bridgehead atoms. The molecule has 0 fully saturated rings. The van der Waals surface area contributed by atoms with Gasteiger partial charge in [0.1, 0.15) is 0 Å². The molecule has 2 aromatic rings. The normalized spacial score (nSPS) is 17.4. The lowest BCUT2D eigenvalue weighted by molar-refractivity contribution is 0.103. The molecule has 1 atom stereocenters. The highest BCUT2D eigenvalue weighted by Gasteiger charge is 2.20. The van der Waals surface area contributed by atoms with E-state index in [4.69, 9.17) is 0 Å². The molecule has 0 aliphatic heterocycles. The van der Waals surface area contributed by atoms with Gasteiger partial charge in [0.2, 0.25) is 0 Å². The highest BCUT2D eigenvalue weighted by molar-refractivity contribution is 7.14. The van der Waals surface area contributed by atoms with Crippen molar-refractivity contribution in [1.29, 1.82) is 0 Å². The highest BCUT2D eigenvalue weighted by atomic mass is 32.1. The monoisotopic (exact) mass is 299 g/mol. The van der Waals surface area contributed by atoms with Crippen molar-refractivity contribution in [3.63, 3.8) is 0 Å². The summed E-state index contributed by atoms with van der Waals surface area (Å²) in [4.78, 5) is 14.7. The Bertz CT molecular complexity index is 687. The minimum Gasteiger partial charge on any atom is -0.321 e. The van der Waals surface area contributed by atoms with E-state index in [9.17, 15) is 4.79 Å². The molecule has 21 heavy (non-hydrogen) atoms. The highest BCUT2D eigenvalue weighted by Crippen LogP contribution is 2.32. The Morgan fingerprint density at radius 1 is 1.29 bits per heavy atom. The Hall–Kier alpha value is -1.61. The molecule has 1 N–H and O–H groups in total. The van der Waals surface area contributed by atoms with Crippen molar-refractivity contribution in [1.82, 2.24) is 0 Å². The van der Waals surface area contributed by atoms with Crippen LogP contribution >= 0.6 is 11.3 Å². The molecule has 1 amide bonds. The molecule has 3 rings (SSSR count). The average Bonchev–Trinajstić information content (AvgIpc) is 2.85. The van der Waals surface area contributed by atoms with E-state index in [1.165, 1.54) is 22.4 Å². The summed E-state index contributed by atoms with van der Waals surface area (Å²) in [7, 11) is 0. The largest absolute Gasteiger partial charge is 0.321 e. The van der Waals surface area contributed by atoms with Gasteiger partial charge in [0, 0.05) is 10.6 Å². The SMILES string of the molecule is Cc1ccc(NC(=O)c2cc3c(s2)CC[C@@H](C)C3)c(C)c1. The summed E-state index contributed by atoms with van der Waals surface area (Å²) in [6.07, 6.45) is 3.48. The summed E-state index contributed by atoms with van der Waals surface area (Å²) in [5.41, 5.74) is 4.61. The summed E-state index contributed by atoms with van der Waals surface area (Å²) in [6.45, 7) is 6.38. The third-order valence-electron chi connectivity index (χ3n) is 4.18. The summed E-state index contributed by atoms with van der Waals surface area (Å²) in [5.74, 6) is 0.761. The lowest BCUT2D eigenvalue weighted by Crippen LogP contribution is -2.11. The number of hydrogen-bond acceptors (Lipinski definition) is 2. The third-order valence-corrected chi connectivity index (χ3v) is 5.42. The molecule has 0 unspecified atom stereocenters. The Morgan fingerprint density at radius 3 is 2.86 bits per heavy atom. The van der Waals surface area contributed by atoms with Gasteiger partial charge in [0.25, 0.3) is 5.91 Å². The number of nitrogens with one attached hydrogen (secondary N) is 1. The van der Waals surface area contributed by atoms with Gasteiger partial charge in [0.15, 0.2) is 0 Å². The lowest BCUT2D eigenvalue weighted by atomic mass is 9.90. The van der Waals surface area contributed by atoms with Crippen LogP contribution in [0.25, 0.3) is 0 Å². The molecule has 110 valence electrons. The van der Waals surface area contributed by atoms with E-state index in [2.05, 4.69) is 31.3 Å². The number of amides is 1. The van der Waals surface area contributed by atoms with Crippen LogP contribution in [0.1, 0.15) is 44.6 Å². The van der Waals surface area contributed by atoms with Gasteiger partial charge in [-0.1, -0.05) is 24.6 Å². The van der Waals surface area contributed by atoms with Gasteiger partial charge in [-0.2, -0.15) is 0 Å². The first-order chi connectivity index (χ1) is 10.0. The summed E-state index contributed by atoms with van der Waals surface area (Å²) in [5, 5.41) is 3.05. The molecule has 1 heterocycles. The summed E-state index contributed by atoms with van der Waals surface area (Å²) >= 11 is 1.66. The number of anilines is 1. The molecule has 3 heteroatoms. The summed E-state index contributed by atoms with van der Waals surface area (Å²) in [6, 6.07) is 8.20. The molecule has 2 nitrogen and oxygen atoms in total. The first-order valence-electron chi connectivity index (χ1n) is 7.53. The van der Waals surface area contributed by atoms with Crippen molar-refractivity contribution in [3.05, 3.63) is 50.7 Å². The van der Waals surface area contributed by atoms with Crippen LogP contribution in [-0.4, -0.2) is 5.91 Å². The van der Waals surface area contributed by atoms with Crippen LogP contribution in [0.3, 0.4) is 0 Å². The number of thiophene rings is 1. The van der Waals surface area contributed by atoms with Crippen molar-refractivity contribution in [2.45, 2.75) is 40.0 Å². The van der Waals surface area contributed by atoms with Crippen molar-refractivity contribution in [2.75, 3.05) is 5.32 Å². The summed E-state index contributed by atoms with van der Waals surface area (Å²) < 4.78 is 0. The Balaban J connectivity index is 1.79. The van der Waals surface area contributed by atoms with Crippen LogP contribution < -0.4 is 5.32 Å². The fourth-order valence-electron chi connectivity index (χ4n) is 2.96. The molecule has 0 radical (unpaired) electrons. The second-order valence-corrected chi connectivity index (χ2v) is 7.32. The number of fused-ring (bicyclic) bond motifs is 1. The van der Waals surface area contributed by atoms with Crippen LogP contribution in [0.4, 0.5) is 5.69 Å².